The van der Waals surface area contributed by atoms with Gasteiger partial charge in [-0.15, -0.1) is 0 Å². The monoisotopic (exact) mass is 282 g/mol. The van der Waals surface area contributed by atoms with E-state index in [1.165, 1.54) is 0 Å². The summed E-state index contributed by atoms with van der Waals surface area (Å²) < 4.78 is 7.06. The summed E-state index contributed by atoms with van der Waals surface area (Å²) in [5.74, 6) is -0.0517. The van der Waals surface area contributed by atoms with Crippen LogP contribution >= 0.6 is 0 Å². The predicted octanol–water partition coefficient (Wildman–Crippen LogP) is 1.41. The van der Waals surface area contributed by atoms with E-state index >= 15 is 0 Å². The number of nitrogen functional groups attached to an aromatic ring is 1. The van der Waals surface area contributed by atoms with Gasteiger partial charge in [-0.3, -0.25) is 9.48 Å². The van der Waals surface area contributed by atoms with Crippen molar-refractivity contribution in [3.63, 3.8) is 0 Å². The molecule has 0 spiro atoms. The third-order valence-electron chi connectivity index (χ3n) is 3.16. The van der Waals surface area contributed by atoms with Gasteiger partial charge in [0, 0.05) is 19.8 Å². The van der Waals surface area contributed by atoms with Crippen molar-refractivity contribution in [2.45, 2.75) is 46.6 Å². The van der Waals surface area contributed by atoms with Crippen molar-refractivity contribution in [3.05, 3.63) is 11.4 Å². The molecule has 20 heavy (non-hydrogen) atoms. The summed E-state index contributed by atoms with van der Waals surface area (Å²) >= 11 is 0. The van der Waals surface area contributed by atoms with Gasteiger partial charge in [0.15, 0.2) is 0 Å². The Morgan fingerprint density at radius 3 is 2.65 bits per heavy atom. The summed E-state index contributed by atoms with van der Waals surface area (Å²) in [6.45, 7) is 8.16. The first kappa shape index (κ1) is 16.5. The standard InChI is InChI=1S/C14H26N4O2/c1-4-5-8-20-9-6-7-16-13(19)10-18-12(3)14(15)11(2)17-18/h4-10,15H2,1-3H3,(H,16,19). The summed E-state index contributed by atoms with van der Waals surface area (Å²) in [6, 6.07) is 0. The minimum atomic E-state index is -0.0517. The van der Waals surface area contributed by atoms with E-state index in [1.807, 2.05) is 13.8 Å². The second-order valence-electron chi connectivity index (χ2n) is 4.91. The highest BCUT2D eigenvalue weighted by atomic mass is 16.5. The zero-order chi connectivity index (χ0) is 15.0. The molecular formula is C14H26N4O2. The molecule has 1 aromatic heterocycles. The highest BCUT2D eigenvalue weighted by molar-refractivity contribution is 5.75. The Hall–Kier alpha value is -1.56. The van der Waals surface area contributed by atoms with Crippen LogP contribution in [0.3, 0.4) is 0 Å². The van der Waals surface area contributed by atoms with E-state index in [9.17, 15) is 4.79 Å². The highest BCUT2D eigenvalue weighted by Crippen LogP contribution is 2.14. The van der Waals surface area contributed by atoms with Crippen LogP contribution in [0.1, 0.15) is 37.6 Å². The average molecular weight is 282 g/mol. The van der Waals surface area contributed by atoms with Gasteiger partial charge in [-0.05, 0) is 26.7 Å². The van der Waals surface area contributed by atoms with Crippen molar-refractivity contribution in [2.24, 2.45) is 0 Å². The van der Waals surface area contributed by atoms with Crippen LogP contribution in [0.25, 0.3) is 0 Å². The maximum absolute atomic E-state index is 11.8. The second-order valence-corrected chi connectivity index (χ2v) is 4.91. The molecule has 0 unspecified atom stereocenters. The van der Waals surface area contributed by atoms with Gasteiger partial charge in [0.2, 0.25) is 5.91 Å². The van der Waals surface area contributed by atoms with Crippen molar-refractivity contribution in [1.82, 2.24) is 15.1 Å². The van der Waals surface area contributed by atoms with Crippen LogP contribution in [-0.2, 0) is 16.1 Å². The number of unbranched alkanes of at least 4 members (excludes halogenated alkanes) is 1. The SMILES string of the molecule is CCCCOCCCNC(=O)Cn1nc(C)c(N)c1C. The van der Waals surface area contributed by atoms with Gasteiger partial charge in [-0.2, -0.15) is 5.10 Å². The van der Waals surface area contributed by atoms with E-state index in [1.54, 1.807) is 4.68 Å². The van der Waals surface area contributed by atoms with Crippen LogP contribution < -0.4 is 11.1 Å². The lowest BCUT2D eigenvalue weighted by Gasteiger charge is -2.07. The average Bonchev–Trinajstić information content (AvgIpc) is 2.65. The van der Waals surface area contributed by atoms with Gasteiger partial charge in [0.05, 0.1) is 17.1 Å². The maximum atomic E-state index is 11.8. The molecule has 1 heterocycles. The van der Waals surface area contributed by atoms with Crippen molar-refractivity contribution < 1.29 is 9.53 Å². The number of nitrogens with zero attached hydrogens (tertiary/aromatic N) is 2. The summed E-state index contributed by atoms with van der Waals surface area (Å²) in [7, 11) is 0. The van der Waals surface area contributed by atoms with Gasteiger partial charge >= 0.3 is 0 Å². The zero-order valence-electron chi connectivity index (χ0n) is 12.7. The molecule has 6 nitrogen and oxygen atoms in total. The van der Waals surface area contributed by atoms with Crippen LogP contribution in [0, 0.1) is 13.8 Å². The number of carbonyl (C=O) groups excluding carboxylic acids is 1. The largest absolute Gasteiger partial charge is 0.396 e. The van der Waals surface area contributed by atoms with Crippen molar-refractivity contribution in [2.75, 3.05) is 25.5 Å². The Balaban J connectivity index is 2.19. The fourth-order valence-electron chi connectivity index (χ4n) is 1.81. The summed E-state index contributed by atoms with van der Waals surface area (Å²) in [5.41, 5.74) is 8.08. The molecule has 6 heteroatoms. The normalized spacial score (nSPS) is 10.8. The first-order valence-electron chi connectivity index (χ1n) is 7.20. The molecule has 0 bridgehead atoms. The van der Waals surface area contributed by atoms with E-state index < -0.39 is 0 Å². The Labute approximate surface area is 120 Å². The van der Waals surface area contributed by atoms with E-state index in [2.05, 4.69) is 17.3 Å². The summed E-state index contributed by atoms with van der Waals surface area (Å²) in [4.78, 5) is 11.8. The molecule has 0 atom stereocenters. The molecule has 0 saturated heterocycles. The van der Waals surface area contributed by atoms with Crippen LogP contribution in [0.2, 0.25) is 0 Å². The molecule has 114 valence electrons. The number of nitrogens with one attached hydrogen (secondary N) is 1. The molecule has 1 aromatic rings. The maximum Gasteiger partial charge on any atom is 0.241 e. The molecule has 3 N–H and O–H groups in total. The van der Waals surface area contributed by atoms with E-state index in [-0.39, 0.29) is 12.5 Å². The molecule has 0 aromatic carbocycles. The lowest BCUT2D eigenvalue weighted by molar-refractivity contribution is -0.121. The van der Waals surface area contributed by atoms with Crippen LogP contribution in [-0.4, -0.2) is 35.4 Å². The fourth-order valence-corrected chi connectivity index (χ4v) is 1.81. The lowest BCUT2D eigenvalue weighted by atomic mass is 10.3. The number of aryl methyl sites for hydroxylation is 1. The number of aromatic nitrogens is 2. The first-order chi connectivity index (χ1) is 9.56. The molecule has 0 radical (unpaired) electrons. The Morgan fingerprint density at radius 1 is 1.35 bits per heavy atom. The quantitative estimate of drug-likeness (QED) is 0.671. The highest BCUT2D eigenvalue weighted by Gasteiger charge is 2.10. The minimum absolute atomic E-state index is 0.0517. The van der Waals surface area contributed by atoms with Crippen molar-refractivity contribution in [1.29, 1.82) is 0 Å². The van der Waals surface area contributed by atoms with Crippen LogP contribution in [0.4, 0.5) is 5.69 Å². The van der Waals surface area contributed by atoms with Gasteiger partial charge in [0.25, 0.3) is 0 Å². The van der Waals surface area contributed by atoms with Gasteiger partial charge in [-0.1, -0.05) is 13.3 Å². The van der Waals surface area contributed by atoms with E-state index in [0.717, 1.165) is 37.3 Å². The third-order valence-corrected chi connectivity index (χ3v) is 3.16. The smallest absolute Gasteiger partial charge is 0.241 e. The number of ether oxygens (including phenoxy) is 1. The van der Waals surface area contributed by atoms with Gasteiger partial charge < -0.3 is 15.8 Å². The Bertz CT molecular complexity index is 429. The molecule has 0 fully saturated rings. The summed E-state index contributed by atoms with van der Waals surface area (Å²) in [6.07, 6.45) is 3.06. The molecular weight excluding hydrogens is 256 g/mol. The number of hydrogen-bond donors (Lipinski definition) is 2. The fraction of sp³-hybridized carbons (Fsp3) is 0.714. The van der Waals surface area contributed by atoms with Gasteiger partial charge in [0.1, 0.15) is 6.54 Å². The van der Waals surface area contributed by atoms with Crippen LogP contribution in [0.15, 0.2) is 0 Å². The second kappa shape index (κ2) is 8.58. The van der Waals surface area contributed by atoms with Crippen molar-refractivity contribution in [3.8, 4) is 0 Å². The number of nitrogens with two attached hydrogens (primary N) is 1. The predicted molar refractivity (Wildman–Crippen MR) is 79.5 cm³/mol. The summed E-state index contributed by atoms with van der Waals surface area (Å²) in [5, 5.41) is 7.09. The number of rotatable bonds is 9. The van der Waals surface area contributed by atoms with Crippen molar-refractivity contribution >= 4 is 11.6 Å². The molecule has 0 aliphatic rings. The Kier molecular flexibility index (Phi) is 7.08. The number of hydrogen-bond acceptors (Lipinski definition) is 4. The van der Waals surface area contributed by atoms with Crippen LogP contribution in [0.5, 0.6) is 0 Å². The molecule has 1 amide bonds. The van der Waals surface area contributed by atoms with E-state index in [0.29, 0.717) is 18.8 Å². The number of carbonyl (C=O) groups is 1. The first-order valence-corrected chi connectivity index (χ1v) is 7.20. The topological polar surface area (TPSA) is 82.2 Å². The van der Waals surface area contributed by atoms with E-state index in [4.69, 9.17) is 10.5 Å². The Morgan fingerprint density at radius 2 is 2.05 bits per heavy atom. The molecule has 0 aliphatic heterocycles. The molecule has 0 saturated carbocycles. The molecule has 0 aliphatic carbocycles. The number of amides is 1. The van der Waals surface area contributed by atoms with Gasteiger partial charge in [-0.25, -0.2) is 0 Å². The molecule has 1 rings (SSSR count). The number of anilines is 1. The third kappa shape index (κ3) is 5.21. The zero-order valence-corrected chi connectivity index (χ0v) is 12.7. The lowest BCUT2D eigenvalue weighted by Crippen LogP contribution is -2.29. The minimum Gasteiger partial charge on any atom is -0.396 e.